The van der Waals surface area contributed by atoms with Crippen molar-refractivity contribution in [2.75, 3.05) is 12.3 Å². The molecule has 0 unspecified atom stereocenters. The molecule has 0 aromatic heterocycles. The first-order valence-electron chi connectivity index (χ1n) is 16.5. The van der Waals surface area contributed by atoms with Crippen molar-refractivity contribution in [3.8, 4) is 12.1 Å². The van der Waals surface area contributed by atoms with E-state index in [4.69, 9.17) is 10.5 Å². The van der Waals surface area contributed by atoms with E-state index >= 15 is 0 Å². The summed E-state index contributed by atoms with van der Waals surface area (Å²) in [7, 11) is -0.696. The van der Waals surface area contributed by atoms with E-state index in [1.54, 1.807) is 24.3 Å². The molecule has 0 N–H and O–H groups in total. The molecule has 0 saturated heterocycles. The van der Waals surface area contributed by atoms with E-state index in [0.717, 1.165) is 0 Å². The summed E-state index contributed by atoms with van der Waals surface area (Å²) < 4.78 is 119. The van der Waals surface area contributed by atoms with Gasteiger partial charge >= 0.3 is 93.1 Å². The van der Waals surface area contributed by atoms with Crippen molar-refractivity contribution in [3.63, 3.8) is 0 Å². The summed E-state index contributed by atoms with van der Waals surface area (Å²) in [4.78, 5) is 0. The average molecular weight is 1180 g/mol. The van der Waals surface area contributed by atoms with Gasteiger partial charge in [0.15, 0.2) is 0 Å². The van der Waals surface area contributed by atoms with Gasteiger partial charge in [-0.1, -0.05) is 158 Å². The minimum absolute atomic E-state index is 0. The molecule has 318 valence electrons. The minimum atomic E-state index is -11.2. The van der Waals surface area contributed by atoms with E-state index in [1.165, 1.54) is 33.5 Å². The van der Waals surface area contributed by atoms with Crippen LogP contribution in [0, 0.1) is 22.7 Å². The van der Waals surface area contributed by atoms with Crippen molar-refractivity contribution < 1.29 is 54.2 Å². The van der Waals surface area contributed by atoms with Crippen molar-refractivity contribution in [2.45, 2.75) is 0 Å². The van der Waals surface area contributed by atoms with Crippen molar-refractivity contribution in [1.29, 1.82) is 10.5 Å². The second kappa shape index (κ2) is 21.9. The molecule has 0 radical (unpaired) electrons. The number of halogens is 12. The summed E-state index contributed by atoms with van der Waals surface area (Å²) in [5.74, 6) is 0. The van der Waals surface area contributed by atoms with Crippen molar-refractivity contribution in [3.05, 3.63) is 193 Å². The number of benzene rings is 6. The Balaban J connectivity index is 0.000000456. The molecular weight excluding hydrogens is 1150 g/mol. The summed E-state index contributed by atoms with van der Waals surface area (Å²) in [6.07, 6.45) is 2.41. The van der Waals surface area contributed by atoms with Crippen LogP contribution in [0.4, 0.5) is 33.8 Å². The van der Waals surface area contributed by atoms with Gasteiger partial charge in [-0.15, -0.1) is 0 Å². The maximum atomic E-state index is 9.93. The number of nitrogens with zero attached hydrogens (tertiary/aromatic N) is 2. The smallest absolute Gasteiger partial charge is 0.0622 e. The SMILES string of the molecule is N#Cc1ccccc1.N#Cc1ccccc1.[F][Sb-]([F])([F])([F])([F])[F].[F][Sb-]([F])([F])([F])([F])[F].[Pd+2].c1ccc(P(CCP(c2ccccc2)c2ccccc2)c2ccccc2)cc1. The third kappa shape index (κ3) is 31.2. The Bertz CT molecular complexity index is 1920. The molecule has 0 aliphatic rings. The molecule has 0 heterocycles. The first-order valence-corrected chi connectivity index (χ1v) is 31.1. The largest absolute Gasteiger partial charge is 2.00 e. The van der Waals surface area contributed by atoms with Crippen LogP contribution < -0.4 is 21.2 Å². The van der Waals surface area contributed by atoms with Gasteiger partial charge < -0.3 is 0 Å². The van der Waals surface area contributed by atoms with Crippen LogP contribution in [0.5, 0.6) is 0 Å². The Morgan fingerprint density at radius 3 is 0.610 bits per heavy atom. The fraction of sp³-hybridized carbons (Fsp3) is 0.0500. The fourth-order valence-corrected chi connectivity index (χ4v) is 9.83. The van der Waals surface area contributed by atoms with Crippen LogP contribution >= 0.6 is 15.8 Å². The van der Waals surface area contributed by atoms with E-state index in [-0.39, 0.29) is 36.3 Å². The van der Waals surface area contributed by atoms with Gasteiger partial charge in [0.05, 0.1) is 23.3 Å². The molecule has 59 heavy (non-hydrogen) atoms. The Hall–Kier alpha value is -3.38. The van der Waals surface area contributed by atoms with Crippen LogP contribution in [0.3, 0.4) is 0 Å². The van der Waals surface area contributed by atoms with Gasteiger partial charge in [0.1, 0.15) is 0 Å². The minimum Gasteiger partial charge on any atom is -0.0622 e. The van der Waals surface area contributed by atoms with E-state index in [2.05, 4.69) is 121 Å². The van der Waals surface area contributed by atoms with Crippen LogP contribution in [0.1, 0.15) is 11.1 Å². The Labute approximate surface area is 355 Å². The molecule has 19 heteroatoms. The van der Waals surface area contributed by atoms with Gasteiger partial charge in [-0.3, -0.25) is 0 Å². The third-order valence-electron chi connectivity index (χ3n) is 6.62. The molecule has 0 saturated carbocycles. The maximum Gasteiger partial charge on any atom is 2.00 e. The average Bonchev–Trinajstić information content (AvgIpc) is 3.17. The number of rotatable bonds is 7. The molecule has 0 bridgehead atoms. The quantitative estimate of drug-likeness (QED) is 0.0908. The summed E-state index contributed by atoms with van der Waals surface area (Å²) in [5, 5.41) is 22.5. The molecule has 0 atom stereocenters. The number of hydrogen-bond acceptors (Lipinski definition) is 2. The molecule has 0 aliphatic carbocycles. The predicted molar refractivity (Wildman–Crippen MR) is 215 cm³/mol. The Morgan fingerprint density at radius 2 is 0.475 bits per heavy atom. The monoisotopic (exact) mass is 1180 g/mol. The predicted octanol–water partition coefficient (Wildman–Crippen LogP) is 12.6. The van der Waals surface area contributed by atoms with Crippen molar-refractivity contribution in [2.24, 2.45) is 0 Å². The second-order valence-corrected chi connectivity index (χ2v) is 27.1. The molecule has 2 nitrogen and oxygen atoms in total. The maximum absolute atomic E-state index is 11.2. The second-order valence-electron chi connectivity index (χ2n) is 11.5. The fourth-order valence-electron chi connectivity index (χ4n) is 4.47. The third-order valence-corrected chi connectivity index (χ3v) is 12.0. The zero-order chi connectivity index (χ0) is 43.5. The van der Waals surface area contributed by atoms with E-state index in [9.17, 15) is 33.8 Å². The van der Waals surface area contributed by atoms with Gasteiger partial charge in [-0.25, -0.2) is 0 Å². The number of hydrogen-bond donors (Lipinski definition) is 0. The summed E-state index contributed by atoms with van der Waals surface area (Å²) in [6.45, 7) is 0. The molecule has 6 aromatic carbocycles. The zero-order valence-electron chi connectivity index (χ0n) is 30.3. The van der Waals surface area contributed by atoms with Gasteiger partial charge in [-0.2, -0.15) is 10.5 Å². The van der Waals surface area contributed by atoms with E-state index in [0.29, 0.717) is 11.1 Å². The first kappa shape index (κ1) is 53.6. The van der Waals surface area contributed by atoms with Gasteiger partial charge in [0, 0.05) is 0 Å². The molecule has 6 aromatic rings. The van der Waals surface area contributed by atoms with Crippen LogP contribution in [-0.2, 0) is 20.4 Å². The van der Waals surface area contributed by atoms with E-state index < -0.39 is 39.0 Å². The molecule has 0 fully saturated rings. The summed E-state index contributed by atoms with van der Waals surface area (Å²) >= 11 is -22.5. The van der Waals surface area contributed by atoms with Crippen LogP contribution in [0.15, 0.2) is 182 Å². The van der Waals surface area contributed by atoms with Crippen LogP contribution in [-0.4, -0.2) is 51.3 Å². The zero-order valence-corrected chi connectivity index (χ0v) is 38.7. The molecular formula is C40H34F12N2P2PdSb2. The van der Waals surface area contributed by atoms with Crippen LogP contribution in [0.25, 0.3) is 0 Å². The topological polar surface area (TPSA) is 47.6 Å². The van der Waals surface area contributed by atoms with Gasteiger partial charge in [0.25, 0.3) is 0 Å². The summed E-state index contributed by atoms with van der Waals surface area (Å²) in [6, 6.07) is 66.5. The normalized spacial score (nSPS) is 12.9. The van der Waals surface area contributed by atoms with Gasteiger partial charge in [-0.05, 0) is 73.7 Å². The number of nitriles is 2. The van der Waals surface area contributed by atoms with Crippen molar-refractivity contribution >= 4 is 76.0 Å². The van der Waals surface area contributed by atoms with Crippen molar-refractivity contribution in [1.82, 2.24) is 0 Å². The first-order chi connectivity index (χ1) is 26.7. The molecule has 0 spiro atoms. The molecule has 6 rings (SSSR count). The molecule has 0 amide bonds. The Kier molecular flexibility index (Phi) is 19.9. The standard InChI is InChI=1S/C26H24P2.2C7H5N.12FH.Pd.2Sb/c1-5-13-23(14-6-1)27(24-15-7-2-8-16-24)21-22-28(25-17-9-3-10-18-25)26-19-11-4-12-20-26;2*8-6-7-4-2-1-3-5-7;;;;;;;;;;;;;;;/h1-20H,21-22H2;2*1-5H;12*1H;;;/q;;;;;;;;;;;;;;;+2;2*+5/p-12. The molecule has 0 aliphatic heterocycles. The Morgan fingerprint density at radius 1 is 0.322 bits per heavy atom. The van der Waals surface area contributed by atoms with Gasteiger partial charge in [0.2, 0.25) is 0 Å². The van der Waals surface area contributed by atoms with Crippen LogP contribution in [0.2, 0.25) is 0 Å². The van der Waals surface area contributed by atoms with E-state index in [1.807, 2.05) is 48.5 Å². The summed E-state index contributed by atoms with van der Waals surface area (Å²) in [5.41, 5.74) is 1.43.